The lowest BCUT2D eigenvalue weighted by Crippen LogP contribution is -2.36. The molecule has 3 aromatic carbocycles. The quantitative estimate of drug-likeness (QED) is 0.396. The molecule has 0 aliphatic carbocycles. The number of ether oxygens (including phenoxy) is 2. The van der Waals surface area contributed by atoms with Crippen molar-refractivity contribution in [1.82, 2.24) is 4.90 Å². The van der Waals surface area contributed by atoms with Gasteiger partial charge in [0.2, 0.25) is 5.91 Å². The molecule has 2 unspecified atom stereocenters. The van der Waals surface area contributed by atoms with Gasteiger partial charge in [-0.05, 0) is 55.6 Å². The van der Waals surface area contributed by atoms with Gasteiger partial charge in [0.15, 0.2) is 0 Å². The second kappa shape index (κ2) is 12.6. The van der Waals surface area contributed by atoms with Crippen LogP contribution in [0.5, 0.6) is 11.5 Å². The molecule has 37 heavy (non-hydrogen) atoms. The molecular formula is C30H32N4O3. The number of nitrogens with zero attached hydrogens (tertiary/aromatic N) is 2. The zero-order chi connectivity index (χ0) is 26.0. The predicted molar refractivity (Wildman–Crippen MR) is 148 cm³/mol. The van der Waals surface area contributed by atoms with E-state index >= 15 is 0 Å². The van der Waals surface area contributed by atoms with Gasteiger partial charge in [0.25, 0.3) is 0 Å². The van der Waals surface area contributed by atoms with Gasteiger partial charge in [-0.1, -0.05) is 54.6 Å². The summed E-state index contributed by atoms with van der Waals surface area (Å²) in [7, 11) is 3.89. The number of aliphatic imine (C=N–C) groups is 1. The van der Waals surface area contributed by atoms with Gasteiger partial charge in [0.1, 0.15) is 30.0 Å². The molecule has 1 heterocycles. The molecule has 0 saturated heterocycles. The van der Waals surface area contributed by atoms with E-state index in [1.54, 1.807) is 12.3 Å². The minimum Gasteiger partial charge on any atom is -0.489 e. The van der Waals surface area contributed by atoms with E-state index in [0.29, 0.717) is 30.4 Å². The van der Waals surface area contributed by atoms with Crippen LogP contribution >= 0.6 is 0 Å². The Kier molecular flexibility index (Phi) is 8.73. The van der Waals surface area contributed by atoms with Crippen molar-refractivity contribution < 1.29 is 14.3 Å². The summed E-state index contributed by atoms with van der Waals surface area (Å²) in [6.45, 7) is 1.19. The van der Waals surface area contributed by atoms with E-state index in [2.05, 4.69) is 10.3 Å². The van der Waals surface area contributed by atoms with E-state index in [1.165, 1.54) is 6.08 Å². The number of nitrogens with two attached hydrogens (primary N) is 1. The lowest BCUT2D eigenvalue weighted by atomic mass is 9.90. The van der Waals surface area contributed by atoms with E-state index in [0.717, 1.165) is 16.9 Å². The van der Waals surface area contributed by atoms with Crippen LogP contribution in [0.25, 0.3) is 0 Å². The average molecular weight is 497 g/mol. The summed E-state index contributed by atoms with van der Waals surface area (Å²) in [4.78, 5) is 18.5. The van der Waals surface area contributed by atoms with Gasteiger partial charge in [-0.15, -0.1) is 0 Å². The number of rotatable bonds is 10. The molecule has 1 amide bonds. The lowest BCUT2D eigenvalue weighted by molar-refractivity contribution is -0.111. The van der Waals surface area contributed by atoms with Gasteiger partial charge in [-0.3, -0.25) is 4.79 Å². The number of hydrogen-bond donors (Lipinski definition) is 2. The Morgan fingerprint density at radius 3 is 2.57 bits per heavy atom. The third kappa shape index (κ3) is 7.56. The Morgan fingerprint density at radius 1 is 1.03 bits per heavy atom. The van der Waals surface area contributed by atoms with Crippen molar-refractivity contribution in [1.29, 1.82) is 0 Å². The molecule has 1 aliphatic rings. The summed E-state index contributed by atoms with van der Waals surface area (Å²) < 4.78 is 12.2. The summed E-state index contributed by atoms with van der Waals surface area (Å²) in [5.41, 5.74) is 9.04. The number of nitrogens with one attached hydrogen (secondary N) is 1. The first-order valence-corrected chi connectivity index (χ1v) is 12.1. The first kappa shape index (κ1) is 25.7. The number of amides is 1. The molecule has 0 radical (unpaired) electrons. The van der Waals surface area contributed by atoms with Crippen LogP contribution in [0.1, 0.15) is 17.0 Å². The van der Waals surface area contributed by atoms with Gasteiger partial charge in [0.05, 0.1) is 5.92 Å². The number of likely N-dealkylation sites (N-methyl/N-ethyl adjacent to an activating group) is 1. The molecule has 0 aromatic heterocycles. The smallest absolute Gasteiger partial charge is 0.248 e. The van der Waals surface area contributed by atoms with E-state index in [9.17, 15) is 4.79 Å². The normalized spacial score (nSPS) is 17.0. The Morgan fingerprint density at radius 2 is 1.81 bits per heavy atom. The highest BCUT2D eigenvalue weighted by molar-refractivity contribution is 5.99. The Bertz CT molecular complexity index is 1270. The molecule has 3 aromatic rings. The van der Waals surface area contributed by atoms with E-state index in [1.807, 2.05) is 104 Å². The average Bonchev–Trinajstić information content (AvgIpc) is 2.89. The Labute approximate surface area is 217 Å². The van der Waals surface area contributed by atoms with Crippen molar-refractivity contribution in [3.05, 3.63) is 114 Å². The zero-order valence-electron chi connectivity index (χ0n) is 21.1. The van der Waals surface area contributed by atoms with Gasteiger partial charge < -0.3 is 25.4 Å². The van der Waals surface area contributed by atoms with Crippen molar-refractivity contribution in [3.63, 3.8) is 0 Å². The number of amidine groups is 1. The van der Waals surface area contributed by atoms with Crippen LogP contribution in [0.15, 0.2) is 108 Å². The molecule has 7 heteroatoms. The fraction of sp³-hybridized carbons (Fsp3) is 0.200. The molecule has 2 atom stereocenters. The van der Waals surface area contributed by atoms with E-state index in [4.69, 9.17) is 15.2 Å². The third-order valence-corrected chi connectivity index (χ3v) is 5.75. The minimum atomic E-state index is -0.362. The molecule has 0 fully saturated rings. The maximum Gasteiger partial charge on any atom is 0.248 e. The molecular weight excluding hydrogens is 464 g/mol. The van der Waals surface area contributed by atoms with Crippen LogP contribution in [0, 0.1) is 0 Å². The van der Waals surface area contributed by atoms with Crippen LogP contribution < -0.4 is 20.5 Å². The summed E-state index contributed by atoms with van der Waals surface area (Å²) >= 11 is 0. The summed E-state index contributed by atoms with van der Waals surface area (Å²) in [6, 6.07) is 25.2. The second-order valence-corrected chi connectivity index (χ2v) is 8.98. The first-order chi connectivity index (χ1) is 18.0. The number of hydrogen-bond acceptors (Lipinski definition) is 6. The SMILES string of the molecule is CN(C)C/C=C/C(=O)Nc1cccc(OC2C=CN=C(N)C2c2ccc(OCc3ccccc3)cc2)c1. The number of carbonyl (C=O) groups excluding carboxylic acids is 1. The largest absolute Gasteiger partial charge is 0.489 e. The maximum absolute atomic E-state index is 12.2. The second-order valence-electron chi connectivity index (χ2n) is 8.98. The highest BCUT2D eigenvalue weighted by Crippen LogP contribution is 2.30. The number of carbonyl (C=O) groups is 1. The topological polar surface area (TPSA) is 89.2 Å². The summed E-state index contributed by atoms with van der Waals surface area (Å²) in [5.74, 6) is 1.41. The first-order valence-electron chi connectivity index (χ1n) is 12.1. The van der Waals surface area contributed by atoms with E-state index in [-0.39, 0.29) is 17.9 Å². The van der Waals surface area contributed by atoms with Crippen LogP contribution in [0.4, 0.5) is 5.69 Å². The molecule has 190 valence electrons. The Hall–Kier alpha value is -4.36. The van der Waals surface area contributed by atoms with Gasteiger partial charge >= 0.3 is 0 Å². The monoisotopic (exact) mass is 496 g/mol. The third-order valence-electron chi connectivity index (χ3n) is 5.75. The van der Waals surface area contributed by atoms with Gasteiger partial charge in [-0.25, -0.2) is 4.99 Å². The molecule has 7 nitrogen and oxygen atoms in total. The minimum absolute atomic E-state index is 0.194. The van der Waals surface area contributed by atoms with Crippen molar-refractivity contribution in [2.45, 2.75) is 18.6 Å². The van der Waals surface area contributed by atoms with Crippen LogP contribution in [-0.2, 0) is 11.4 Å². The van der Waals surface area contributed by atoms with E-state index < -0.39 is 0 Å². The van der Waals surface area contributed by atoms with Gasteiger partial charge in [0, 0.05) is 30.6 Å². The fourth-order valence-electron chi connectivity index (χ4n) is 3.91. The standard InChI is InChI=1S/C30H32N4O3/c1-34(2)19-7-12-28(35)33-24-10-6-11-26(20-24)37-27-17-18-32-30(31)29(27)23-13-15-25(16-14-23)36-21-22-8-4-3-5-9-22/h3-18,20,27,29H,19,21H2,1-2H3,(H2,31,32)(H,33,35)/b12-7+. The van der Waals surface area contributed by atoms with Gasteiger partial charge in [-0.2, -0.15) is 0 Å². The predicted octanol–water partition coefficient (Wildman–Crippen LogP) is 4.74. The maximum atomic E-state index is 12.2. The van der Waals surface area contributed by atoms with Crippen molar-refractivity contribution in [3.8, 4) is 11.5 Å². The fourth-order valence-corrected chi connectivity index (χ4v) is 3.91. The summed E-state index contributed by atoms with van der Waals surface area (Å²) in [5, 5.41) is 2.87. The molecule has 0 bridgehead atoms. The number of benzene rings is 3. The molecule has 0 saturated carbocycles. The molecule has 1 aliphatic heterocycles. The lowest BCUT2D eigenvalue weighted by Gasteiger charge is -2.28. The molecule has 4 rings (SSSR count). The van der Waals surface area contributed by atoms with Crippen molar-refractivity contribution >= 4 is 17.4 Å². The van der Waals surface area contributed by atoms with Crippen LogP contribution in [0.3, 0.4) is 0 Å². The highest BCUT2D eigenvalue weighted by atomic mass is 16.5. The van der Waals surface area contributed by atoms with Crippen LogP contribution in [0.2, 0.25) is 0 Å². The van der Waals surface area contributed by atoms with Crippen LogP contribution in [-0.4, -0.2) is 43.4 Å². The Balaban J connectivity index is 1.41. The molecule has 0 spiro atoms. The zero-order valence-corrected chi connectivity index (χ0v) is 21.1. The molecule has 3 N–H and O–H groups in total. The summed E-state index contributed by atoms with van der Waals surface area (Å²) in [6.07, 6.45) is 6.52. The van der Waals surface area contributed by atoms with Crippen molar-refractivity contribution in [2.24, 2.45) is 10.7 Å². The van der Waals surface area contributed by atoms with Crippen molar-refractivity contribution in [2.75, 3.05) is 26.0 Å². The number of anilines is 1. The highest BCUT2D eigenvalue weighted by Gasteiger charge is 2.29.